The minimum absolute atomic E-state index is 1.11. The van der Waals surface area contributed by atoms with Gasteiger partial charge in [-0.05, 0) is 127 Å². The molecule has 0 atom stereocenters. The van der Waals surface area contributed by atoms with Gasteiger partial charge in [0.25, 0.3) is 0 Å². The lowest BCUT2D eigenvalue weighted by molar-refractivity contribution is 1.29. The average Bonchev–Trinajstić information content (AvgIpc) is 3.28. The van der Waals surface area contributed by atoms with Crippen molar-refractivity contribution in [2.45, 2.75) is 0 Å². The van der Waals surface area contributed by atoms with Crippen molar-refractivity contribution < 1.29 is 0 Å². The van der Waals surface area contributed by atoms with Crippen LogP contribution in [0.15, 0.2) is 231 Å². The zero-order chi connectivity index (χ0) is 37.3. The first-order valence-electron chi connectivity index (χ1n) is 19.2. The lowest BCUT2D eigenvalue weighted by Crippen LogP contribution is -2.10. The summed E-state index contributed by atoms with van der Waals surface area (Å²) in [5.74, 6) is 0. The number of fused-ring (bicyclic) bond motifs is 6. The maximum absolute atomic E-state index is 2.37. The molecule has 0 unspecified atom stereocenters. The molecule has 2 nitrogen and oxygen atoms in total. The predicted octanol–water partition coefficient (Wildman–Crippen LogP) is 15.4. The maximum Gasteiger partial charge on any atom is 0.0468 e. The normalized spacial score (nSPS) is 11.2. The predicted molar refractivity (Wildman–Crippen MR) is 239 cm³/mol. The maximum atomic E-state index is 2.37. The summed E-state index contributed by atoms with van der Waals surface area (Å²) in [6.07, 6.45) is 0. The molecule has 0 N–H and O–H groups in total. The van der Waals surface area contributed by atoms with E-state index in [0.29, 0.717) is 0 Å². The molecule has 264 valence electrons. The number of rotatable bonds is 8. The Morgan fingerprint density at radius 1 is 0.179 bits per heavy atom. The summed E-state index contributed by atoms with van der Waals surface area (Å²) in [5, 5.41) is 7.40. The monoisotopic (exact) mass is 714 g/mol. The van der Waals surface area contributed by atoms with Crippen molar-refractivity contribution in [2.24, 2.45) is 0 Å². The molecule has 0 aliphatic heterocycles. The fourth-order valence-corrected chi connectivity index (χ4v) is 8.17. The molecule has 0 aliphatic rings. The molecule has 10 aromatic carbocycles. The van der Waals surface area contributed by atoms with Gasteiger partial charge in [0.15, 0.2) is 0 Å². The van der Waals surface area contributed by atoms with E-state index in [9.17, 15) is 0 Å². The number of anilines is 6. The molecule has 0 bridgehead atoms. The van der Waals surface area contributed by atoms with Gasteiger partial charge in [0.1, 0.15) is 0 Å². The third-order valence-corrected chi connectivity index (χ3v) is 10.8. The van der Waals surface area contributed by atoms with Crippen molar-refractivity contribution in [3.8, 4) is 22.3 Å². The lowest BCUT2D eigenvalue weighted by Gasteiger charge is -2.27. The fraction of sp³-hybridized carbons (Fsp3) is 0. The van der Waals surface area contributed by atoms with Crippen LogP contribution in [0.2, 0.25) is 0 Å². The van der Waals surface area contributed by atoms with Gasteiger partial charge >= 0.3 is 0 Å². The van der Waals surface area contributed by atoms with E-state index in [1.807, 2.05) is 0 Å². The Morgan fingerprint density at radius 3 is 0.893 bits per heavy atom. The summed E-state index contributed by atoms with van der Waals surface area (Å²) in [6, 6.07) is 83.1. The lowest BCUT2D eigenvalue weighted by atomic mass is 9.93. The van der Waals surface area contributed by atoms with E-state index in [4.69, 9.17) is 0 Å². The highest BCUT2D eigenvalue weighted by Gasteiger charge is 2.19. The van der Waals surface area contributed by atoms with Crippen LogP contribution in [0.1, 0.15) is 0 Å². The molecule has 0 aliphatic carbocycles. The molecule has 0 saturated heterocycles. The van der Waals surface area contributed by atoms with Crippen molar-refractivity contribution in [3.63, 3.8) is 0 Å². The van der Waals surface area contributed by atoms with Crippen molar-refractivity contribution in [3.05, 3.63) is 231 Å². The second kappa shape index (κ2) is 14.4. The molecular formula is C54H38N2. The molecule has 0 saturated carbocycles. The van der Waals surface area contributed by atoms with Gasteiger partial charge in [-0.2, -0.15) is 0 Å². The third-order valence-electron chi connectivity index (χ3n) is 10.8. The first-order valence-corrected chi connectivity index (χ1v) is 19.2. The van der Waals surface area contributed by atoms with Gasteiger partial charge in [0.05, 0.1) is 0 Å². The molecule has 0 amide bonds. The highest BCUT2D eigenvalue weighted by atomic mass is 15.1. The number of hydrogen-bond acceptors (Lipinski definition) is 2. The zero-order valence-electron chi connectivity index (χ0n) is 30.8. The molecule has 10 rings (SSSR count). The van der Waals surface area contributed by atoms with Crippen LogP contribution in [-0.4, -0.2) is 0 Å². The summed E-state index contributed by atoms with van der Waals surface area (Å²) in [6.45, 7) is 0. The van der Waals surface area contributed by atoms with E-state index in [-0.39, 0.29) is 0 Å². The number of hydrogen-bond donors (Lipinski definition) is 0. The van der Waals surface area contributed by atoms with Crippen LogP contribution in [0.4, 0.5) is 34.1 Å². The Morgan fingerprint density at radius 2 is 0.482 bits per heavy atom. The van der Waals surface area contributed by atoms with Crippen LogP contribution in [0.3, 0.4) is 0 Å². The number of nitrogens with zero attached hydrogens (tertiary/aromatic N) is 2. The highest BCUT2D eigenvalue weighted by Crippen LogP contribution is 2.44. The van der Waals surface area contributed by atoms with Gasteiger partial charge in [0.2, 0.25) is 0 Å². The molecule has 0 spiro atoms. The smallest absolute Gasteiger partial charge is 0.0468 e. The minimum Gasteiger partial charge on any atom is -0.310 e. The molecule has 2 heteroatoms. The Labute approximate surface area is 327 Å². The zero-order valence-corrected chi connectivity index (χ0v) is 30.8. The fourth-order valence-electron chi connectivity index (χ4n) is 8.17. The number of benzene rings is 10. The topological polar surface area (TPSA) is 6.48 Å². The van der Waals surface area contributed by atoms with E-state index in [1.54, 1.807) is 0 Å². The molecule has 0 heterocycles. The van der Waals surface area contributed by atoms with Crippen LogP contribution in [-0.2, 0) is 0 Å². The van der Waals surface area contributed by atoms with Gasteiger partial charge in [0, 0.05) is 34.1 Å². The van der Waals surface area contributed by atoms with Crippen molar-refractivity contribution in [2.75, 3.05) is 9.80 Å². The second-order valence-electron chi connectivity index (χ2n) is 14.2. The standard InChI is InChI=1S/C54H38N2/c1-5-17-39(18-6-1)41-21-15-27-45(35-41)55(43-23-9-3-10-24-43)47-31-33-51-52-34-32-48(38-54(52)50-30-14-13-29-49(50)53(51)37-47)56(44-25-11-4-12-26-44)46-28-16-22-42(36-46)40-19-7-2-8-20-40/h1-38H. The van der Waals surface area contributed by atoms with E-state index >= 15 is 0 Å². The largest absolute Gasteiger partial charge is 0.310 e. The van der Waals surface area contributed by atoms with Crippen LogP contribution in [0.5, 0.6) is 0 Å². The van der Waals surface area contributed by atoms with Crippen molar-refractivity contribution in [1.29, 1.82) is 0 Å². The van der Waals surface area contributed by atoms with Gasteiger partial charge in [-0.15, -0.1) is 0 Å². The van der Waals surface area contributed by atoms with Gasteiger partial charge in [-0.1, -0.05) is 158 Å². The summed E-state index contributed by atoms with van der Waals surface area (Å²) < 4.78 is 0. The Kier molecular flexibility index (Phi) is 8.55. The highest BCUT2D eigenvalue weighted by molar-refractivity contribution is 6.26. The average molecular weight is 715 g/mol. The quantitative estimate of drug-likeness (QED) is 0.145. The van der Waals surface area contributed by atoms with Crippen LogP contribution >= 0.6 is 0 Å². The van der Waals surface area contributed by atoms with E-state index < -0.39 is 0 Å². The summed E-state index contributed by atoms with van der Waals surface area (Å²) in [5.41, 5.74) is 11.5. The van der Waals surface area contributed by atoms with Crippen LogP contribution < -0.4 is 9.80 Å². The summed E-state index contributed by atoms with van der Waals surface area (Å²) in [4.78, 5) is 4.74. The number of para-hydroxylation sites is 2. The van der Waals surface area contributed by atoms with Crippen molar-refractivity contribution in [1.82, 2.24) is 0 Å². The Hall–Kier alpha value is -7.42. The first-order chi connectivity index (χ1) is 27.8. The first kappa shape index (κ1) is 33.2. The molecule has 0 aromatic heterocycles. The van der Waals surface area contributed by atoms with Crippen LogP contribution in [0, 0.1) is 0 Å². The van der Waals surface area contributed by atoms with Gasteiger partial charge in [-0.25, -0.2) is 0 Å². The Balaban J connectivity index is 1.14. The van der Waals surface area contributed by atoms with Crippen molar-refractivity contribution >= 4 is 66.4 Å². The molecule has 10 aromatic rings. The SMILES string of the molecule is c1ccc(-c2cccc(N(c3ccccc3)c3ccc4c5ccc(N(c6ccccc6)c6cccc(-c7ccccc7)c6)cc5c5ccccc5c4c3)c2)cc1. The molecule has 56 heavy (non-hydrogen) atoms. The van der Waals surface area contributed by atoms with E-state index in [1.165, 1.54) is 54.6 Å². The second-order valence-corrected chi connectivity index (χ2v) is 14.2. The van der Waals surface area contributed by atoms with E-state index in [0.717, 1.165) is 34.1 Å². The van der Waals surface area contributed by atoms with E-state index in [2.05, 4.69) is 240 Å². The molecule has 0 fully saturated rings. The Bertz CT molecular complexity index is 2730. The van der Waals surface area contributed by atoms with Crippen LogP contribution in [0.25, 0.3) is 54.6 Å². The summed E-state index contributed by atoms with van der Waals surface area (Å²) >= 11 is 0. The van der Waals surface area contributed by atoms with Gasteiger partial charge in [-0.3, -0.25) is 0 Å². The van der Waals surface area contributed by atoms with Gasteiger partial charge < -0.3 is 9.80 Å². The molecule has 0 radical (unpaired) electrons. The summed E-state index contributed by atoms with van der Waals surface area (Å²) in [7, 11) is 0. The molecular weight excluding hydrogens is 677 g/mol. The third kappa shape index (κ3) is 6.14. The minimum atomic E-state index is 1.11.